The molecule has 0 N–H and O–H groups in total. The van der Waals surface area contributed by atoms with E-state index in [9.17, 15) is 16.8 Å². The Balaban J connectivity index is 2.81. The molecule has 0 fully saturated rings. The van der Waals surface area contributed by atoms with Crippen LogP contribution in [0.1, 0.15) is 11.1 Å². The molecule has 0 unspecified atom stereocenters. The first kappa shape index (κ1) is 16.9. The average molecular weight is 321 g/mol. The molecule has 1 rings (SSSR count). The van der Waals surface area contributed by atoms with E-state index in [1.807, 2.05) is 19.9 Å². The fraction of sp³-hybridized carbons (Fsp3) is 0.500. The van der Waals surface area contributed by atoms with Crippen molar-refractivity contribution in [3.8, 4) is 5.75 Å². The van der Waals surface area contributed by atoms with E-state index < -0.39 is 31.6 Å². The SMILES string of the molecule is Cc1cc(C)cc(OS(=O)(=O)CCS(=O)(=O)N(C)C)c1. The molecule has 6 nitrogen and oxygen atoms in total. The van der Waals surface area contributed by atoms with Crippen molar-refractivity contribution in [3.63, 3.8) is 0 Å². The molecule has 0 heterocycles. The van der Waals surface area contributed by atoms with Crippen LogP contribution in [0, 0.1) is 13.8 Å². The van der Waals surface area contributed by atoms with Gasteiger partial charge in [0.05, 0.1) is 5.75 Å². The summed E-state index contributed by atoms with van der Waals surface area (Å²) in [5, 5.41) is 0. The second-order valence-corrected chi connectivity index (χ2v) is 8.76. The topological polar surface area (TPSA) is 80.8 Å². The van der Waals surface area contributed by atoms with Crippen LogP contribution < -0.4 is 4.18 Å². The van der Waals surface area contributed by atoms with Gasteiger partial charge in [0, 0.05) is 14.1 Å². The highest BCUT2D eigenvalue weighted by atomic mass is 32.2. The van der Waals surface area contributed by atoms with Gasteiger partial charge in [0.15, 0.2) is 0 Å². The number of nitrogens with zero attached hydrogens (tertiary/aromatic N) is 1. The lowest BCUT2D eigenvalue weighted by atomic mass is 10.1. The Morgan fingerprint density at radius 1 is 0.950 bits per heavy atom. The molecule has 0 aliphatic carbocycles. The minimum absolute atomic E-state index is 0.199. The van der Waals surface area contributed by atoms with E-state index in [1.165, 1.54) is 14.1 Å². The second kappa shape index (κ2) is 6.11. The summed E-state index contributed by atoms with van der Waals surface area (Å²) >= 11 is 0. The summed E-state index contributed by atoms with van der Waals surface area (Å²) in [4.78, 5) is 0. The molecular weight excluding hydrogens is 302 g/mol. The molecule has 0 amide bonds. The monoisotopic (exact) mass is 321 g/mol. The first-order chi connectivity index (χ1) is 9.02. The number of sulfonamides is 1. The Labute approximate surface area is 120 Å². The summed E-state index contributed by atoms with van der Waals surface area (Å²) in [5.41, 5.74) is 1.74. The van der Waals surface area contributed by atoms with Gasteiger partial charge in [-0.15, -0.1) is 0 Å². The predicted molar refractivity (Wildman–Crippen MR) is 77.8 cm³/mol. The normalized spacial score (nSPS) is 12.7. The molecular formula is C12H19NO5S2. The Hall–Kier alpha value is -1.12. The molecule has 20 heavy (non-hydrogen) atoms. The number of hydrogen-bond donors (Lipinski definition) is 0. The van der Waals surface area contributed by atoms with Crippen molar-refractivity contribution >= 4 is 20.1 Å². The molecule has 0 aliphatic rings. The fourth-order valence-electron chi connectivity index (χ4n) is 1.56. The van der Waals surface area contributed by atoms with Crippen molar-refractivity contribution < 1.29 is 21.0 Å². The van der Waals surface area contributed by atoms with Gasteiger partial charge in [-0.3, -0.25) is 0 Å². The van der Waals surface area contributed by atoms with Gasteiger partial charge in [-0.2, -0.15) is 8.42 Å². The van der Waals surface area contributed by atoms with Crippen LogP contribution >= 0.6 is 0 Å². The molecule has 8 heteroatoms. The van der Waals surface area contributed by atoms with E-state index in [0.29, 0.717) is 0 Å². The third kappa shape index (κ3) is 5.10. The average Bonchev–Trinajstić information content (AvgIpc) is 2.24. The van der Waals surface area contributed by atoms with Gasteiger partial charge in [0.2, 0.25) is 10.0 Å². The van der Waals surface area contributed by atoms with Crippen LogP contribution in [0.3, 0.4) is 0 Å². The lowest BCUT2D eigenvalue weighted by Gasteiger charge is -2.12. The van der Waals surface area contributed by atoms with Gasteiger partial charge in [0.1, 0.15) is 11.5 Å². The van der Waals surface area contributed by atoms with Gasteiger partial charge in [-0.05, 0) is 37.1 Å². The molecule has 0 radical (unpaired) electrons. The zero-order valence-corrected chi connectivity index (χ0v) is 13.6. The van der Waals surface area contributed by atoms with Crippen LogP contribution in [0.25, 0.3) is 0 Å². The van der Waals surface area contributed by atoms with Crippen LogP contribution in [0.15, 0.2) is 18.2 Å². The molecule has 0 bridgehead atoms. The maximum Gasteiger partial charge on any atom is 0.310 e. The molecule has 0 spiro atoms. The van der Waals surface area contributed by atoms with Crippen molar-refractivity contribution in [1.82, 2.24) is 4.31 Å². The Morgan fingerprint density at radius 2 is 1.45 bits per heavy atom. The van der Waals surface area contributed by atoms with E-state index in [1.54, 1.807) is 12.1 Å². The van der Waals surface area contributed by atoms with Crippen LogP contribution in [0.5, 0.6) is 5.75 Å². The van der Waals surface area contributed by atoms with Gasteiger partial charge < -0.3 is 4.18 Å². The minimum Gasteiger partial charge on any atom is -0.382 e. The molecule has 0 aliphatic heterocycles. The van der Waals surface area contributed by atoms with Crippen molar-refractivity contribution in [2.45, 2.75) is 13.8 Å². The first-order valence-electron chi connectivity index (χ1n) is 5.92. The van der Waals surface area contributed by atoms with Gasteiger partial charge in [0.25, 0.3) is 0 Å². The highest BCUT2D eigenvalue weighted by Crippen LogP contribution is 2.18. The van der Waals surface area contributed by atoms with Crippen LogP contribution in [-0.4, -0.2) is 46.7 Å². The third-order valence-electron chi connectivity index (χ3n) is 2.57. The van der Waals surface area contributed by atoms with Crippen LogP contribution in [-0.2, 0) is 20.1 Å². The standard InChI is InChI=1S/C12H19NO5S2/c1-10-7-11(2)9-12(8-10)18-20(16,17)6-5-19(14,15)13(3)4/h7-9H,5-6H2,1-4H3. The maximum absolute atomic E-state index is 11.8. The first-order valence-corrected chi connectivity index (χ1v) is 9.11. The quantitative estimate of drug-likeness (QED) is 0.727. The number of rotatable bonds is 6. The van der Waals surface area contributed by atoms with E-state index in [4.69, 9.17) is 4.18 Å². The van der Waals surface area contributed by atoms with Gasteiger partial charge >= 0.3 is 10.1 Å². The van der Waals surface area contributed by atoms with E-state index >= 15 is 0 Å². The van der Waals surface area contributed by atoms with Gasteiger partial charge in [-0.1, -0.05) is 6.07 Å². The predicted octanol–water partition coefficient (Wildman–Crippen LogP) is 0.903. The Kier molecular flexibility index (Phi) is 5.17. The molecule has 1 aromatic rings. The van der Waals surface area contributed by atoms with Crippen molar-refractivity contribution in [1.29, 1.82) is 0 Å². The van der Waals surface area contributed by atoms with Crippen molar-refractivity contribution in [2.24, 2.45) is 0 Å². The Bertz CT molecular complexity index is 658. The lowest BCUT2D eigenvalue weighted by molar-refractivity contribution is 0.484. The highest BCUT2D eigenvalue weighted by molar-refractivity contribution is 7.92. The van der Waals surface area contributed by atoms with Crippen molar-refractivity contribution in [3.05, 3.63) is 29.3 Å². The van der Waals surface area contributed by atoms with Crippen molar-refractivity contribution in [2.75, 3.05) is 25.6 Å². The Morgan fingerprint density at radius 3 is 1.90 bits per heavy atom. The largest absolute Gasteiger partial charge is 0.382 e. The summed E-state index contributed by atoms with van der Waals surface area (Å²) in [6.07, 6.45) is 0. The minimum atomic E-state index is -3.94. The number of hydrogen-bond acceptors (Lipinski definition) is 5. The van der Waals surface area contributed by atoms with E-state index in [0.717, 1.165) is 15.4 Å². The summed E-state index contributed by atoms with van der Waals surface area (Å²) in [6.45, 7) is 3.64. The molecule has 114 valence electrons. The van der Waals surface area contributed by atoms with E-state index in [2.05, 4.69) is 0 Å². The summed E-state index contributed by atoms with van der Waals surface area (Å²) in [6, 6.07) is 5.06. The third-order valence-corrected chi connectivity index (χ3v) is 5.81. The number of benzene rings is 1. The maximum atomic E-state index is 11.8. The molecule has 0 aromatic heterocycles. The van der Waals surface area contributed by atoms with E-state index in [-0.39, 0.29) is 5.75 Å². The van der Waals surface area contributed by atoms with Crippen LogP contribution in [0.2, 0.25) is 0 Å². The fourth-order valence-corrected chi connectivity index (χ4v) is 4.06. The highest BCUT2D eigenvalue weighted by Gasteiger charge is 2.21. The molecule has 0 atom stereocenters. The summed E-state index contributed by atoms with van der Waals surface area (Å²) < 4.78 is 52.6. The summed E-state index contributed by atoms with van der Waals surface area (Å²) in [5.74, 6) is -0.891. The summed E-state index contributed by atoms with van der Waals surface area (Å²) in [7, 11) is -4.80. The molecule has 0 saturated heterocycles. The molecule has 1 aromatic carbocycles. The van der Waals surface area contributed by atoms with Gasteiger partial charge in [-0.25, -0.2) is 12.7 Å². The second-order valence-electron chi connectivity index (χ2n) is 4.77. The molecule has 0 saturated carbocycles. The zero-order valence-electron chi connectivity index (χ0n) is 12.0. The smallest absolute Gasteiger partial charge is 0.310 e. The number of aryl methyl sites for hydroxylation is 2. The zero-order chi connectivity index (χ0) is 15.6. The van der Waals surface area contributed by atoms with Crippen LogP contribution in [0.4, 0.5) is 0 Å². The lowest BCUT2D eigenvalue weighted by Crippen LogP contribution is -2.30.